The molecule has 0 spiro atoms. The minimum Gasteiger partial charge on any atom is -0.480 e. The molecule has 20 heavy (non-hydrogen) atoms. The molecule has 2 aliphatic heterocycles. The van der Waals surface area contributed by atoms with Crippen LogP contribution in [0.25, 0.3) is 0 Å². The van der Waals surface area contributed by atoms with Crippen molar-refractivity contribution in [1.29, 1.82) is 0 Å². The average Bonchev–Trinajstić information content (AvgIpc) is 2.82. The van der Waals surface area contributed by atoms with Gasteiger partial charge in [-0.25, -0.2) is 4.79 Å². The Hall–Kier alpha value is -1.28. The van der Waals surface area contributed by atoms with Crippen LogP contribution in [0.15, 0.2) is 0 Å². The van der Waals surface area contributed by atoms with E-state index in [2.05, 4.69) is 5.32 Å². The molecule has 2 unspecified atom stereocenters. The van der Waals surface area contributed by atoms with E-state index in [1.54, 1.807) is 0 Å². The van der Waals surface area contributed by atoms with Gasteiger partial charge in [0.25, 0.3) is 0 Å². The lowest BCUT2D eigenvalue weighted by Crippen LogP contribution is -2.51. The normalized spacial score (nSPS) is 24.5. The van der Waals surface area contributed by atoms with Crippen LogP contribution in [0.3, 0.4) is 0 Å². The van der Waals surface area contributed by atoms with Crippen molar-refractivity contribution in [2.45, 2.75) is 18.9 Å². The highest BCUT2D eigenvalue weighted by Gasteiger charge is 2.32. The second kappa shape index (κ2) is 6.94. The van der Waals surface area contributed by atoms with E-state index in [0.717, 1.165) is 12.8 Å². The number of hydrogen-bond donors (Lipinski definition) is 2. The SMILES string of the molecule is O=C(CN1CSCC1=O)NC(C(=O)O)C1CCCOC1. The first kappa shape index (κ1) is 15.1. The molecule has 2 amide bonds. The fourth-order valence-electron chi connectivity index (χ4n) is 2.34. The third-order valence-electron chi connectivity index (χ3n) is 3.41. The van der Waals surface area contributed by atoms with Crippen LogP contribution in [0, 0.1) is 5.92 Å². The quantitative estimate of drug-likeness (QED) is 0.712. The molecule has 8 heteroatoms. The maximum atomic E-state index is 11.9. The molecule has 0 saturated carbocycles. The fourth-order valence-corrected chi connectivity index (χ4v) is 3.25. The van der Waals surface area contributed by atoms with Gasteiger partial charge in [-0.3, -0.25) is 9.59 Å². The molecule has 2 N–H and O–H groups in total. The van der Waals surface area contributed by atoms with Gasteiger partial charge in [0, 0.05) is 12.5 Å². The largest absolute Gasteiger partial charge is 0.480 e. The highest BCUT2D eigenvalue weighted by atomic mass is 32.2. The Morgan fingerprint density at radius 1 is 1.55 bits per heavy atom. The van der Waals surface area contributed by atoms with Crippen molar-refractivity contribution in [3.8, 4) is 0 Å². The molecule has 0 aliphatic carbocycles. The van der Waals surface area contributed by atoms with Gasteiger partial charge in [0.05, 0.1) is 18.2 Å². The molecule has 2 aliphatic rings. The second-order valence-corrected chi connectivity index (χ2v) is 5.89. The van der Waals surface area contributed by atoms with Crippen LogP contribution in [0.1, 0.15) is 12.8 Å². The minimum absolute atomic E-state index is 0.0802. The number of carbonyl (C=O) groups is 3. The number of nitrogens with one attached hydrogen (secondary N) is 1. The van der Waals surface area contributed by atoms with Crippen molar-refractivity contribution in [3.63, 3.8) is 0 Å². The highest BCUT2D eigenvalue weighted by molar-refractivity contribution is 8.00. The summed E-state index contributed by atoms with van der Waals surface area (Å²) < 4.78 is 5.26. The first-order valence-electron chi connectivity index (χ1n) is 6.53. The number of thioether (sulfide) groups is 1. The van der Waals surface area contributed by atoms with Crippen LogP contribution in [0.2, 0.25) is 0 Å². The van der Waals surface area contributed by atoms with Crippen LogP contribution in [-0.4, -0.2) is 65.2 Å². The van der Waals surface area contributed by atoms with Crippen molar-refractivity contribution in [2.24, 2.45) is 5.92 Å². The maximum absolute atomic E-state index is 11.9. The van der Waals surface area contributed by atoms with Crippen molar-refractivity contribution >= 4 is 29.5 Å². The topological polar surface area (TPSA) is 95.9 Å². The van der Waals surface area contributed by atoms with Crippen LogP contribution in [0.4, 0.5) is 0 Å². The summed E-state index contributed by atoms with van der Waals surface area (Å²) in [6.07, 6.45) is 1.52. The molecule has 2 fully saturated rings. The Morgan fingerprint density at radius 2 is 2.35 bits per heavy atom. The van der Waals surface area contributed by atoms with E-state index in [9.17, 15) is 19.5 Å². The fraction of sp³-hybridized carbons (Fsp3) is 0.750. The van der Waals surface area contributed by atoms with E-state index >= 15 is 0 Å². The summed E-state index contributed by atoms with van der Waals surface area (Å²) in [5.41, 5.74) is 0. The number of carbonyl (C=O) groups excluding carboxylic acids is 2. The number of carboxylic acid groups (broad SMARTS) is 1. The third-order valence-corrected chi connectivity index (χ3v) is 4.35. The van der Waals surface area contributed by atoms with Gasteiger partial charge in [-0.05, 0) is 12.8 Å². The summed E-state index contributed by atoms with van der Waals surface area (Å²) in [7, 11) is 0. The van der Waals surface area contributed by atoms with E-state index in [0.29, 0.717) is 24.8 Å². The van der Waals surface area contributed by atoms with E-state index in [4.69, 9.17) is 4.74 Å². The van der Waals surface area contributed by atoms with Gasteiger partial charge in [0.2, 0.25) is 11.8 Å². The molecule has 0 bridgehead atoms. The van der Waals surface area contributed by atoms with Gasteiger partial charge in [-0.15, -0.1) is 11.8 Å². The minimum atomic E-state index is -1.06. The molecule has 0 radical (unpaired) electrons. The lowest BCUT2D eigenvalue weighted by molar-refractivity contribution is -0.145. The lowest BCUT2D eigenvalue weighted by Gasteiger charge is -2.28. The highest BCUT2D eigenvalue weighted by Crippen LogP contribution is 2.18. The summed E-state index contributed by atoms with van der Waals surface area (Å²) in [5, 5.41) is 11.7. The Balaban J connectivity index is 1.88. The first-order valence-corrected chi connectivity index (χ1v) is 7.69. The smallest absolute Gasteiger partial charge is 0.326 e. The zero-order valence-electron chi connectivity index (χ0n) is 11.0. The molecule has 0 aromatic heterocycles. The molecule has 0 aromatic carbocycles. The van der Waals surface area contributed by atoms with Crippen LogP contribution < -0.4 is 5.32 Å². The Kier molecular flexibility index (Phi) is 5.24. The Labute approximate surface area is 121 Å². The molecule has 2 saturated heterocycles. The molecular weight excluding hydrogens is 284 g/mol. The summed E-state index contributed by atoms with van der Waals surface area (Å²) in [6, 6.07) is -0.951. The van der Waals surface area contributed by atoms with Gasteiger partial charge in [0.15, 0.2) is 0 Å². The molecule has 7 nitrogen and oxygen atoms in total. The molecule has 2 rings (SSSR count). The van der Waals surface area contributed by atoms with E-state index in [-0.39, 0.29) is 18.4 Å². The summed E-state index contributed by atoms with van der Waals surface area (Å²) >= 11 is 1.45. The average molecular weight is 302 g/mol. The maximum Gasteiger partial charge on any atom is 0.326 e. The van der Waals surface area contributed by atoms with Crippen molar-refractivity contribution in [2.75, 3.05) is 31.4 Å². The number of rotatable bonds is 5. The van der Waals surface area contributed by atoms with Crippen LogP contribution in [0.5, 0.6) is 0 Å². The number of carboxylic acids is 1. The van der Waals surface area contributed by atoms with Crippen molar-refractivity contribution in [3.05, 3.63) is 0 Å². The number of nitrogens with zero attached hydrogens (tertiary/aromatic N) is 1. The number of hydrogen-bond acceptors (Lipinski definition) is 5. The van der Waals surface area contributed by atoms with Gasteiger partial charge in [-0.1, -0.05) is 0 Å². The Bertz CT molecular complexity index is 397. The number of aliphatic carboxylic acids is 1. The third kappa shape index (κ3) is 3.86. The Morgan fingerprint density at radius 3 is 2.90 bits per heavy atom. The zero-order chi connectivity index (χ0) is 14.5. The lowest BCUT2D eigenvalue weighted by atomic mass is 9.93. The zero-order valence-corrected chi connectivity index (χ0v) is 11.9. The molecule has 2 heterocycles. The summed E-state index contributed by atoms with van der Waals surface area (Å²) in [5.74, 6) is -0.926. The van der Waals surface area contributed by atoms with E-state index in [1.165, 1.54) is 16.7 Å². The van der Waals surface area contributed by atoms with E-state index in [1.807, 2.05) is 0 Å². The number of amides is 2. The number of ether oxygens (including phenoxy) is 1. The predicted molar refractivity (Wildman–Crippen MR) is 72.1 cm³/mol. The first-order chi connectivity index (χ1) is 9.58. The van der Waals surface area contributed by atoms with Gasteiger partial charge in [0.1, 0.15) is 12.6 Å². The molecular formula is C12H18N2O5S. The van der Waals surface area contributed by atoms with Gasteiger partial charge >= 0.3 is 5.97 Å². The molecule has 2 atom stereocenters. The van der Waals surface area contributed by atoms with E-state index < -0.39 is 17.9 Å². The van der Waals surface area contributed by atoms with Crippen molar-refractivity contribution < 1.29 is 24.2 Å². The second-order valence-electron chi connectivity index (χ2n) is 4.93. The van der Waals surface area contributed by atoms with Gasteiger partial charge < -0.3 is 20.1 Å². The van der Waals surface area contributed by atoms with Gasteiger partial charge in [-0.2, -0.15) is 0 Å². The standard InChI is InChI=1S/C12H18N2O5S/c15-9(4-14-7-20-6-10(14)16)13-11(12(17)18)8-2-1-3-19-5-8/h8,11H,1-7H2,(H,13,15)(H,17,18). The summed E-state index contributed by atoms with van der Waals surface area (Å²) in [4.78, 5) is 36.0. The van der Waals surface area contributed by atoms with Crippen molar-refractivity contribution in [1.82, 2.24) is 10.2 Å². The molecule has 0 aromatic rings. The van der Waals surface area contributed by atoms with Crippen LogP contribution >= 0.6 is 11.8 Å². The predicted octanol–water partition coefficient (Wildman–Crippen LogP) is -0.485. The summed E-state index contributed by atoms with van der Waals surface area (Å²) in [6.45, 7) is 0.898. The monoisotopic (exact) mass is 302 g/mol. The molecule has 112 valence electrons. The van der Waals surface area contributed by atoms with Crippen LogP contribution in [-0.2, 0) is 19.1 Å².